The number of nitrogens with one attached hydrogen (secondary N) is 3. The van der Waals surface area contributed by atoms with Crippen LogP contribution in [0.1, 0.15) is 46.2 Å². The van der Waals surface area contributed by atoms with Crippen molar-refractivity contribution in [3.8, 4) is 0 Å². The molecule has 0 spiro atoms. The van der Waals surface area contributed by atoms with Gasteiger partial charge in [-0.05, 0) is 46.2 Å². The molecule has 0 saturated carbocycles. The van der Waals surface area contributed by atoms with E-state index in [2.05, 4.69) is 44.5 Å². The zero-order valence-electron chi connectivity index (χ0n) is 56.4. The third kappa shape index (κ3) is 43.1. The van der Waals surface area contributed by atoms with Crippen molar-refractivity contribution >= 4 is 90.3 Å². The van der Waals surface area contributed by atoms with E-state index in [0.29, 0.717) is 11.1 Å². The molecule has 35 nitrogen and oxygen atoms in total. The molecule has 1 aliphatic rings. The number of carbonyl (C=O) groups excluding carboxylic acids is 9. The average Bonchev–Trinajstić information content (AvgIpc) is 1.76. The summed E-state index contributed by atoms with van der Waals surface area (Å²) in [7, 11) is 10.3. The molecular weight excluding hydrogens is 1380 g/mol. The summed E-state index contributed by atoms with van der Waals surface area (Å²) in [5.41, 5.74) is 20.2. The molecule has 1 aliphatic heterocycles. The number of guanidine groups is 4. The number of hydrogen-bond acceptors (Lipinski definition) is 24. The number of aromatic nitrogens is 6. The van der Waals surface area contributed by atoms with E-state index in [1.807, 2.05) is 0 Å². The first-order valence-corrected chi connectivity index (χ1v) is 28.6. The molecule has 101 heavy (non-hydrogen) atoms. The third-order valence-electron chi connectivity index (χ3n) is 11.4. The zero-order chi connectivity index (χ0) is 72.6. The van der Waals surface area contributed by atoms with Crippen molar-refractivity contribution in [2.24, 2.45) is 27.2 Å². The van der Waals surface area contributed by atoms with Gasteiger partial charge in [0.15, 0.2) is 5.96 Å². The van der Waals surface area contributed by atoms with Gasteiger partial charge in [0.2, 0.25) is 17.9 Å². The molecular formula is C63H79Cl2N16NaO19. The molecule has 38 heteroatoms. The Balaban J connectivity index is 0. The fourth-order valence-electron chi connectivity index (χ4n) is 6.15. The number of aliphatic hydroxyl groups excluding tert-OH is 1. The maximum absolute atomic E-state index is 11.7. The van der Waals surface area contributed by atoms with Crippen molar-refractivity contribution in [2.75, 3.05) is 62.7 Å². The number of amides is 1. The Labute approximate surface area is 615 Å². The Morgan fingerprint density at radius 2 is 0.851 bits per heavy atom. The van der Waals surface area contributed by atoms with E-state index in [0.717, 1.165) is 71.9 Å². The van der Waals surface area contributed by atoms with Gasteiger partial charge in [0.1, 0.15) is 52.0 Å². The topological polar surface area (TPSA) is 479 Å². The van der Waals surface area contributed by atoms with Gasteiger partial charge in [-0.25, -0.2) is 62.7 Å². The van der Waals surface area contributed by atoms with Gasteiger partial charge >= 0.3 is 83.6 Å². The summed E-state index contributed by atoms with van der Waals surface area (Å²) in [6, 6.07) is 20.6. The Morgan fingerprint density at radius 3 is 1.13 bits per heavy atom. The predicted octanol–water partition coefficient (Wildman–Crippen LogP) is -2.13. The summed E-state index contributed by atoms with van der Waals surface area (Å²) in [6.45, 7) is 2.24. The zero-order valence-corrected chi connectivity index (χ0v) is 60.0. The second-order valence-corrected chi connectivity index (χ2v) is 19.2. The minimum absolute atomic E-state index is 0. The van der Waals surface area contributed by atoms with Crippen molar-refractivity contribution < 1.29 is 133 Å². The van der Waals surface area contributed by atoms with Gasteiger partial charge in [-0.1, -0.05) is 72.8 Å². The summed E-state index contributed by atoms with van der Waals surface area (Å²) in [6.07, 6.45) is 20.7. The number of ether oxygens (including phenoxy) is 9. The minimum atomic E-state index is -0.812. The van der Waals surface area contributed by atoms with Gasteiger partial charge in [0.05, 0.1) is 27.9 Å². The normalized spacial score (nSPS) is 10.9. The number of halogens is 2. The predicted molar refractivity (Wildman–Crippen MR) is 357 cm³/mol. The van der Waals surface area contributed by atoms with Crippen LogP contribution in [0.2, 0.25) is 0 Å². The van der Waals surface area contributed by atoms with Gasteiger partial charge in [-0.15, -0.1) is 12.4 Å². The number of carbonyl (C=O) groups is 9. The van der Waals surface area contributed by atoms with Crippen molar-refractivity contribution in [3.05, 3.63) is 199 Å². The largest absolute Gasteiger partial charge is 1.00 e. The number of alkyl carbamates (subject to hydrolysis) is 1. The third-order valence-corrected chi connectivity index (χ3v) is 11.4. The quantitative estimate of drug-likeness (QED) is 0.0128. The number of methoxy groups -OCH3 is 3. The summed E-state index contributed by atoms with van der Waals surface area (Å²) in [4.78, 5) is 123. The van der Waals surface area contributed by atoms with E-state index in [1.165, 1.54) is 84.1 Å². The van der Waals surface area contributed by atoms with E-state index in [4.69, 9.17) is 61.5 Å². The van der Waals surface area contributed by atoms with Crippen LogP contribution in [0.15, 0.2) is 175 Å². The molecule has 6 aromatic rings. The number of aliphatic imine (C=N–C) groups is 2. The van der Waals surface area contributed by atoms with Crippen LogP contribution in [0.4, 0.5) is 14.4 Å². The van der Waals surface area contributed by atoms with E-state index in [9.17, 15) is 43.2 Å². The Bertz CT molecular complexity index is 3580. The molecule has 1 fully saturated rings. The number of nitrogens with zero attached hydrogens (tertiary/aromatic N) is 10. The summed E-state index contributed by atoms with van der Waals surface area (Å²) in [5, 5.41) is 25.3. The second-order valence-electron chi connectivity index (χ2n) is 19.2. The van der Waals surface area contributed by atoms with Gasteiger partial charge in [-0.2, -0.15) is 9.98 Å². The Morgan fingerprint density at radius 1 is 0.525 bits per heavy atom. The summed E-state index contributed by atoms with van der Waals surface area (Å²) >= 11 is 0. The SMILES string of the molecule is C1CCOC1.CN(C)C(N)=NC(=N)N.COC(=O)/C=C/C(=O)OCc1ccc(CO)cc1.COC(=O)/C=C/C(=O)OCc1ccc(COC(=O)NC(N)=NC(=N)N(C)C)cc1.COC(=O)/C=C/C(=O)OCc1ccc(COC(=O)n2ccnc2)cc1.Cl.O=C(n1ccnc1)n1ccnc1.[Cl-].[Na+]. The molecule has 540 valence electrons. The van der Waals surface area contributed by atoms with Crippen molar-refractivity contribution in [3.63, 3.8) is 0 Å². The second kappa shape index (κ2) is 53.9. The first kappa shape index (κ1) is 92.0. The van der Waals surface area contributed by atoms with Crippen LogP contribution in [-0.4, -0.2) is 184 Å². The minimum Gasteiger partial charge on any atom is -1.00 e. The molecule has 0 bridgehead atoms. The van der Waals surface area contributed by atoms with Crippen LogP contribution in [0, 0.1) is 10.8 Å². The van der Waals surface area contributed by atoms with Crippen LogP contribution in [0.25, 0.3) is 0 Å². The van der Waals surface area contributed by atoms with Gasteiger partial charge in [0.25, 0.3) is 0 Å². The molecule has 0 unspecified atom stereocenters. The average molecular weight is 1460 g/mol. The molecule has 3 aromatic carbocycles. The van der Waals surface area contributed by atoms with E-state index < -0.39 is 48.0 Å². The molecule has 7 rings (SSSR count). The Hall–Kier alpha value is -11.1. The van der Waals surface area contributed by atoms with Gasteiger partial charge in [0, 0.05) is 115 Å². The van der Waals surface area contributed by atoms with Crippen molar-refractivity contribution in [1.82, 2.24) is 43.8 Å². The number of benzene rings is 3. The number of hydrogen-bond donors (Lipinski definition) is 7. The Kier molecular flexibility index (Phi) is 49.1. The van der Waals surface area contributed by atoms with Crippen LogP contribution < -0.4 is 64.5 Å². The summed E-state index contributed by atoms with van der Waals surface area (Å²) < 4.78 is 47.0. The van der Waals surface area contributed by atoms with E-state index in [1.54, 1.807) is 131 Å². The van der Waals surface area contributed by atoms with Gasteiger partial charge < -0.3 is 87.1 Å². The fourth-order valence-corrected chi connectivity index (χ4v) is 6.15. The van der Waals surface area contributed by atoms with Crippen LogP contribution in [0.3, 0.4) is 0 Å². The number of esters is 6. The first-order valence-electron chi connectivity index (χ1n) is 28.6. The van der Waals surface area contributed by atoms with Crippen molar-refractivity contribution in [1.29, 1.82) is 10.8 Å². The molecule has 0 aliphatic carbocycles. The van der Waals surface area contributed by atoms with Crippen molar-refractivity contribution in [2.45, 2.75) is 52.5 Å². The maximum atomic E-state index is 11.7. The van der Waals surface area contributed by atoms with Crippen LogP contribution in [-0.2, 0) is 111 Å². The summed E-state index contributed by atoms with van der Waals surface area (Å²) in [5.74, 6) is -4.27. The maximum Gasteiger partial charge on any atom is 1.00 e. The molecule has 1 amide bonds. The molecule has 10 N–H and O–H groups in total. The number of aliphatic hydroxyl groups is 1. The number of nitrogens with two attached hydrogens (primary N) is 3. The van der Waals surface area contributed by atoms with Crippen LogP contribution >= 0.6 is 12.4 Å². The molecule has 3 aromatic heterocycles. The van der Waals surface area contributed by atoms with Crippen LogP contribution in [0.5, 0.6) is 0 Å². The standard InChI is InChI=1S/C18H23N5O6.C17H16N2O6.C13H14O5.C7H6N4O.C4H11N5.C4H8O.2ClH.Na/c1-23(2)17(20)21-16(19)22-18(26)29-11-13-6-4-12(5-7-13)10-28-15(25)9-8-14(24)27-3;1-23-15(20)6-7-16(21)24-10-13-2-4-14(5-3-13)11-25-17(22)19-9-8-18-12-19;1-17-12(15)6-7-13(16)18-9-11-4-2-10(8-14)3-5-11;12-7(10-3-1-8-5-10)11-4-2-9-6-11;1-9(2)4(7)8-3(5)6;1-2-4-5-3-1;;;/h4-9H,10-11H2,1-3H3,(H4,19,20,21,22,26);2-9,12H,10-11H2,1H3;2-7,14H,8-9H2,1H3;1-6H;1-2H3,(H5,5,6,7,8);1-4H2;2*1H;/q;;;;;;;;+1/p-1/b9-8+;2*7-6+;;;;;;. The van der Waals surface area contributed by atoms with E-state index >= 15 is 0 Å². The molecule has 0 atom stereocenters. The van der Waals surface area contributed by atoms with E-state index in [-0.39, 0.29) is 124 Å². The molecule has 0 radical (unpaired) electrons. The molecule has 1 saturated heterocycles. The smallest absolute Gasteiger partial charge is 1.00 e. The number of imidazole rings is 3. The molecule has 4 heterocycles. The van der Waals surface area contributed by atoms with Gasteiger partial charge in [-0.3, -0.25) is 25.3 Å². The monoisotopic (exact) mass is 1460 g/mol. The fraction of sp³-hybridized carbons (Fsp3) is 0.270. The number of rotatable bonds is 17. The first-order chi connectivity index (χ1) is 46.9.